The Kier molecular flexibility index (Phi) is 5.83. The summed E-state index contributed by atoms with van der Waals surface area (Å²) in [5, 5.41) is 2.86. The Morgan fingerprint density at radius 3 is 2.64 bits per heavy atom. The van der Waals surface area contributed by atoms with E-state index in [4.69, 9.17) is 4.74 Å². The predicted octanol–water partition coefficient (Wildman–Crippen LogP) is 4.26. The Morgan fingerprint density at radius 2 is 1.95 bits per heavy atom. The molecule has 0 heterocycles. The summed E-state index contributed by atoms with van der Waals surface area (Å²) in [6.45, 7) is 1.96. The highest BCUT2D eigenvalue weighted by Crippen LogP contribution is 2.25. The molecule has 116 valence electrons. The third-order valence-electron chi connectivity index (χ3n) is 3.04. The maximum absolute atomic E-state index is 12.8. The molecule has 22 heavy (non-hydrogen) atoms. The molecule has 1 amide bonds. The van der Waals surface area contributed by atoms with Crippen LogP contribution >= 0.6 is 11.8 Å². The second kappa shape index (κ2) is 7.84. The summed E-state index contributed by atoms with van der Waals surface area (Å²) in [6.07, 6.45) is 0.374. The van der Waals surface area contributed by atoms with Crippen molar-refractivity contribution in [2.75, 3.05) is 18.2 Å². The molecule has 0 saturated heterocycles. The fourth-order valence-corrected chi connectivity index (χ4v) is 2.78. The highest BCUT2D eigenvalue weighted by atomic mass is 32.2. The number of rotatable bonds is 6. The number of thioether (sulfide) groups is 1. The lowest BCUT2D eigenvalue weighted by atomic mass is 10.2. The number of nitrogens with one attached hydrogen (secondary N) is 1. The minimum Gasteiger partial charge on any atom is -0.495 e. The van der Waals surface area contributed by atoms with Crippen molar-refractivity contribution in [3.63, 3.8) is 0 Å². The molecular weight excluding hydrogens is 301 g/mol. The van der Waals surface area contributed by atoms with Crippen molar-refractivity contribution in [2.24, 2.45) is 0 Å². The van der Waals surface area contributed by atoms with Crippen LogP contribution in [0, 0.1) is 12.7 Å². The Balaban J connectivity index is 1.85. The summed E-state index contributed by atoms with van der Waals surface area (Å²) in [7, 11) is 1.57. The smallest absolute Gasteiger partial charge is 0.225 e. The Morgan fingerprint density at radius 1 is 1.23 bits per heavy atom. The molecule has 0 aliphatic carbocycles. The molecule has 0 radical (unpaired) electrons. The molecule has 2 aromatic carbocycles. The second-order valence-electron chi connectivity index (χ2n) is 4.80. The van der Waals surface area contributed by atoms with Crippen LogP contribution < -0.4 is 10.1 Å². The van der Waals surface area contributed by atoms with Crippen molar-refractivity contribution in [3.8, 4) is 5.75 Å². The van der Waals surface area contributed by atoms with Crippen LogP contribution in [-0.4, -0.2) is 18.8 Å². The lowest BCUT2D eigenvalue weighted by Crippen LogP contribution is -2.13. The number of halogens is 1. The molecule has 0 bridgehead atoms. The van der Waals surface area contributed by atoms with Gasteiger partial charge in [0.25, 0.3) is 0 Å². The van der Waals surface area contributed by atoms with Crippen molar-refractivity contribution in [1.82, 2.24) is 0 Å². The number of amides is 1. The summed E-state index contributed by atoms with van der Waals surface area (Å²) in [5.74, 6) is 0.947. The van der Waals surface area contributed by atoms with Crippen LogP contribution in [0.2, 0.25) is 0 Å². The highest BCUT2D eigenvalue weighted by Gasteiger charge is 2.08. The van der Waals surface area contributed by atoms with E-state index >= 15 is 0 Å². The predicted molar refractivity (Wildman–Crippen MR) is 88.1 cm³/mol. The molecular formula is C17H18FNO2S. The highest BCUT2D eigenvalue weighted by molar-refractivity contribution is 7.99. The van der Waals surface area contributed by atoms with Crippen molar-refractivity contribution in [1.29, 1.82) is 0 Å². The molecule has 5 heteroatoms. The lowest BCUT2D eigenvalue weighted by molar-refractivity contribution is -0.115. The summed E-state index contributed by atoms with van der Waals surface area (Å²) in [6, 6.07) is 11.9. The number of methoxy groups -OCH3 is 1. The quantitative estimate of drug-likeness (QED) is 0.808. The molecule has 2 rings (SSSR count). The van der Waals surface area contributed by atoms with Crippen molar-refractivity contribution >= 4 is 23.4 Å². The summed E-state index contributed by atoms with van der Waals surface area (Å²) in [5.41, 5.74) is 1.73. The number of anilines is 1. The van der Waals surface area contributed by atoms with Gasteiger partial charge in [-0.1, -0.05) is 6.07 Å². The van der Waals surface area contributed by atoms with E-state index in [1.807, 2.05) is 25.1 Å². The molecule has 0 aliphatic rings. The van der Waals surface area contributed by atoms with E-state index in [1.54, 1.807) is 19.2 Å². The number of aryl methyl sites for hydroxylation is 1. The molecule has 0 aromatic heterocycles. The summed E-state index contributed by atoms with van der Waals surface area (Å²) >= 11 is 1.52. The fourth-order valence-electron chi connectivity index (χ4n) is 1.92. The SMILES string of the molecule is COc1ccc(C)cc1NC(=O)CCSc1ccc(F)cc1. The van der Waals surface area contributed by atoms with E-state index < -0.39 is 0 Å². The van der Waals surface area contributed by atoms with Gasteiger partial charge in [0.1, 0.15) is 11.6 Å². The van der Waals surface area contributed by atoms with Gasteiger partial charge in [-0.3, -0.25) is 4.79 Å². The van der Waals surface area contributed by atoms with Gasteiger partial charge < -0.3 is 10.1 Å². The number of hydrogen-bond acceptors (Lipinski definition) is 3. The van der Waals surface area contributed by atoms with Crippen LogP contribution in [0.1, 0.15) is 12.0 Å². The minimum absolute atomic E-state index is 0.0708. The van der Waals surface area contributed by atoms with Gasteiger partial charge in [0.2, 0.25) is 5.91 Å². The average molecular weight is 319 g/mol. The molecule has 0 saturated carbocycles. The molecule has 2 aromatic rings. The Hall–Kier alpha value is -2.01. The van der Waals surface area contributed by atoms with E-state index in [2.05, 4.69) is 5.32 Å². The summed E-state index contributed by atoms with van der Waals surface area (Å²) in [4.78, 5) is 12.9. The third kappa shape index (κ3) is 4.77. The Labute approximate surface area is 133 Å². The van der Waals surface area contributed by atoms with Crippen LogP contribution in [0.5, 0.6) is 5.75 Å². The van der Waals surface area contributed by atoms with Gasteiger partial charge in [-0.2, -0.15) is 0 Å². The average Bonchev–Trinajstić information content (AvgIpc) is 2.49. The fraction of sp³-hybridized carbons (Fsp3) is 0.235. The zero-order valence-electron chi connectivity index (χ0n) is 12.6. The van der Waals surface area contributed by atoms with Crippen molar-refractivity contribution in [3.05, 3.63) is 53.8 Å². The second-order valence-corrected chi connectivity index (χ2v) is 5.97. The summed E-state index contributed by atoms with van der Waals surface area (Å²) < 4.78 is 18.0. The van der Waals surface area contributed by atoms with E-state index in [-0.39, 0.29) is 11.7 Å². The number of ether oxygens (including phenoxy) is 1. The lowest BCUT2D eigenvalue weighted by Gasteiger charge is -2.11. The zero-order chi connectivity index (χ0) is 15.9. The zero-order valence-corrected chi connectivity index (χ0v) is 13.4. The maximum Gasteiger partial charge on any atom is 0.225 e. The first-order valence-corrected chi connectivity index (χ1v) is 7.90. The molecule has 0 unspecified atom stereocenters. The first-order chi connectivity index (χ1) is 10.6. The standard InChI is InChI=1S/C17H18FNO2S/c1-12-3-8-16(21-2)15(11-12)19-17(20)9-10-22-14-6-4-13(18)5-7-14/h3-8,11H,9-10H2,1-2H3,(H,19,20). The molecule has 1 N–H and O–H groups in total. The maximum atomic E-state index is 12.8. The normalized spacial score (nSPS) is 10.3. The largest absolute Gasteiger partial charge is 0.495 e. The first-order valence-electron chi connectivity index (χ1n) is 6.91. The number of carbonyl (C=O) groups is 1. The number of carbonyl (C=O) groups excluding carboxylic acids is 1. The number of benzene rings is 2. The minimum atomic E-state index is -0.256. The van der Waals surface area contributed by atoms with Crippen LogP contribution in [-0.2, 0) is 4.79 Å². The molecule has 0 fully saturated rings. The van der Waals surface area contributed by atoms with Gasteiger partial charge in [0.15, 0.2) is 0 Å². The van der Waals surface area contributed by atoms with Gasteiger partial charge in [0.05, 0.1) is 12.8 Å². The molecule has 0 aliphatic heterocycles. The van der Waals surface area contributed by atoms with E-state index in [0.717, 1.165) is 10.5 Å². The van der Waals surface area contributed by atoms with Crippen LogP contribution in [0.25, 0.3) is 0 Å². The third-order valence-corrected chi connectivity index (χ3v) is 4.05. The van der Waals surface area contributed by atoms with Crippen molar-refractivity contribution < 1.29 is 13.9 Å². The van der Waals surface area contributed by atoms with E-state index in [1.165, 1.54) is 23.9 Å². The number of hydrogen-bond donors (Lipinski definition) is 1. The van der Waals surface area contributed by atoms with Gasteiger partial charge in [0, 0.05) is 17.1 Å². The van der Waals surface area contributed by atoms with Gasteiger partial charge in [-0.25, -0.2) is 4.39 Å². The van der Waals surface area contributed by atoms with Gasteiger partial charge in [-0.05, 0) is 48.9 Å². The van der Waals surface area contributed by atoms with Crippen LogP contribution in [0.4, 0.5) is 10.1 Å². The van der Waals surface area contributed by atoms with Gasteiger partial charge >= 0.3 is 0 Å². The van der Waals surface area contributed by atoms with E-state index in [9.17, 15) is 9.18 Å². The van der Waals surface area contributed by atoms with E-state index in [0.29, 0.717) is 23.6 Å². The first kappa shape index (κ1) is 16.4. The topological polar surface area (TPSA) is 38.3 Å². The Bertz CT molecular complexity index is 644. The van der Waals surface area contributed by atoms with Gasteiger partial charge in [-0.15, -0.1) is 11.8 Å². The van der Waals surface area contributed by atoms with Crippen molar-refractivity contribution in [2.45, 2.75) is 18.2 Å². The molecule has 3 nitrogen and oxygen atoms in total. The van der Waals surface area contributed by atoms with Crippen LogP contribution in [0.15, 0.2) is 47.4 Å². The van der Waals surface area contributed by atoms with Crippen LogP contribution in [0.3, 0.4) is 0 Å². The molecule has 0 atom stereocenters. The molecule has 0 spiro atoms. The monoisotopic (exact) mass is 319 g/mol.